The van der Waals surface area contributed by atoms with Gasteiger partial charge >= 0.3 is 0 Å². The third-order valence-corrected chi connectivity index (χ3v) is 3.05. The van der Waals surface area contributed by atoms with Crippen LogP contribution >= 0.6 is 0 Å². The monoisotopic (exact) mass is 237 g/mol. The van der Waals surface area contributed by atoms with Crippen LogP contribution in [0.15, 0.2) is 12.1 Å². The SMILES string of the molecule is COc1cc2c(cc1OC)[C@@H](C(=O)[O-])[NH2+]CC2. The van der Waals surface area contributed by atoms with Gasteiger partial charge in [0.25, 0.3) is 0 Å². The first-order valence-corrected chi connectivity index (χ1v) is 5.46. The molecule has 0 aromatic heterocycles. The van der Waals surface area contributed by atoms with Crippen LogP contribution in [0.2, 0.25) is 0 Å². The summed E-state index contributed by atoms with van der Waals surface area (Å²) in [7, 11) is 3.10. The summed E-state index contributed by atoms with van der Waals surface area (Å²) in [4.78, 5) is 11.1. The highest BCUT2D eigenvalue weighted by Crippen LogP contribution is 2.33. The number of hydrogen-bond donors (Lipinski definition) is 1. The van der Waals surface area contributed by atoms with E-state index < -0.39 is 12.0 Å². The van der Waals surface area contributed by atoms with Crippen LogP contribution < -0.4 is 19.9 Å². The quantitative estimate of drug-likeness (QED) is 0.702. The molecule has 0 radical (unpaired) electrons. The van der Waals surface area contributed by atoms with Crippen molar-refractivity contribution in [3.8, 4) is 11.5 Å². The van der Waals surface area contributed by atoms with Gasteiger partial charge in [-0.1, -0.05) is 0 Å². The van der Waals surface area contributed by atoms with Crippen LogP contribution in [0.25, 0.3) is 0 Å². The van der Waals surface area contributed by atoms with Crippen molar-refractivity contribution in [1.82, 2.24) is 0 Å². The Balaban J connectivity index is 2.50. The van der Waals surface area contributed by atoms with E-state index in [2.05, 4.69) is 0 Å². The van der Waals surface area contributed by atoms with Crippen molar-refractivity contribution in [3.05, 3.63) is 23.3 Å². The summed E-state index contributed by atoms with van der Waals surface area (Å²) in [5.74, 6) is 0.108. The predicted molar refractivity (Wildman–Crippen MR) is 57.8 cm³/mol. The number of quaternary nitrogens is 1. The number of carbonyl (C=O) groups excluding carboxylic acids is 1. The molecule has 1 aromatic carbocycles. The number of aliphatic carboxylic acids is 1. The summed E-state index contributed by atoms with van der Waals surface area (Å²) >= 11 is 0. The molecule has 1 atom stereocenters. The zero-order chi connectivity index (χ0) is 12.4. The van der Waals surface area contributed by atoms with Crippen molar-refractivity contribution >= 4 is 5.97 Å². The number of carbonyl (C=O) groups is 1. The maximum Gasteiger partial charge on any atom is 0.161 e. The van der Waals surface area contributed by atoms with E-state index in [-0.39, 0.29) is 0 Å². The summed E-state index contributed by atoms with van der Waals surface area (Å²) in [6, 6.07) is 2.92. The summed E-state index contributed by atoms with van der Waals surface area (Å²) in [6.45, 7) is 0.737. The van der Waals surface area contributed by atoms with E-state index >= 15 is 0 Å². The van der Waals surface area contributed by atoms with Crippen LogP contribution in [-0.2, 0) is 11.2 Å². The smallest absolute Gasteiger partial charge is 0.161 e. The number of nitrogens with two attached hydrogens (primary N) is 1. The fourth-order valence-corrected chi connectivity index (χ4v) is 2.20. The lowest BCUT2D eigenvalue weighted by molar-refractivity contribution is -0.692. The molecule has 0 unspecified atom stereocenters. The van der Waals surface area contributed by atoms with Crippen molar-refractivity contribution in [1.29, 1.82) is 0 Å². The minimum absolute atomic E-state index is 0.549. The Kier molecular flexibility index (Phi) is 3.19. The molecule has 92 valence electrons. The summed E-state index contributed by atoms with van der Waals surface area (Å²) < 4.78 is 10.4. The number of hydrogen-bond acceptors (Lipinski definition) is 4. The average molecular weight is 237 g/mol. The Bertz CT molecular complexity index is 444. The van der Waals surface area contributed by atoms with Crippen molar-refractivity contribution in [2.45, 2.75) is 12.5 Å². The highest BCUT2D eigenvalue weighted by Gasteiger charge is 2.26. The molecule has 0 saturated heterocycles. The van der Waals surface area contributed by atoms with Gasteiger partial charge in [0.2, 0.25) is 0 Å². The van der Waals surface area contributed by atoms with Crippen LogP contribution in [0.5, 0.6) is 11.5 Å². The van der Waals surface area contributed by atoms with Gasteiger partial charge in [0.15, 0.2) is 17.5 Å². The molecule has 5 heteroatoms. The molecule has 0 amide bonds. The molecular formula is C12H15NO4. The van der Waals surface area contributed by atoms with Crippen LogP contribution in [0.3, 0.4) is 0 Å². The molecule has 0 aliphatic carbocycles. The Morgan fingerprint density at radius 2 is 2.00 bits per heavy atom. The summed E-state index contributed by atoms with van der Waals surface area (Å²) in [5.41, 5.74) is 1.73. The molecule has 0 bridgehead atoms. The van der Waals surface area contributed by atoms with Crippen LogP contribution in [0.1, 0.15) is 17.2 Å². The zero-order valence-electron chi connectivity index (χ0n) is 9.86. The molecular weight excluding hydrogens is 222 g/mol. The Hall–Kier alpha value is -1.75. The lowest BCUT2D eigenvalue weighted by Crippen LogP contribution is -2.89. The molecule has 2 rings (SSSR count). The summed E-state index contributed by atoms with van der Waals surface area (Å²) in [5, 5.41) is 12.8. The van der Waals surface area contributed by atoms with Crippen LogP contribution in [-0.4, -0.2) is 26.7 Å². The highest BCUT2D eigenvalue weighted by atomic mass is 16.5. The number of fused-ring (bicyclic) bond motifs is 1. The van der Waals surface area contributed by atoms with Gasteiger partial charge in [-0.05, 0) is 17.7 Å². The topological polar surface area (TPSA) is 75.2 Å². The van der Waals surface area contributed by atoms with Crippen molar-refractivity contribution in [2.24, 2.45) is 0 Å². The average Bonchev–Trinajstić information content (AvgIpc) is 2.35. The second-order valence-corrected chi connectivity index (χ2v) is 3.98. The zero-order valence-corrected chi connectivity index (χ0v) is 9.86. The molecule has 0 saturated carbocycles. The maximum absolute atomic E-state index is 11.1. The van der Waals surface area contributed by atoms with E-state index in [1.807, 2.05) is 6.07 Å². The second-order valence-electron chi connectivity index (χ2n) is 3.98. The van der Waals surface area contributed by atoms with Gasteiger partial charge in [-0.3, -0.25) is 0 Å². The largest absolute Gasteiger partial charge is 0.544 e. The first-order valence-electron chi connectivity index (χ1n) is 5.46. The van der Waals surface area contributed by atoms with Gasteiger partial charge in [-0.25, -0.2) is 0 Å². The van der Waals surface area contributed by atoms with Gasteiger partial charge < -0.3 is 24.7 Å². The van der Waals surface area contributed by atoms with Gasteiger partial charge in [0.1, 0.15) is 5.97 Å². The third kappa shape index (κ3) is 2.06. The lowest BCUT2D eigenvalue weighted by atomic mass is 9.93. The maximum atomic E-state index is 11.1. The fourth-order valence-electron chi connectivity index (χ4n) is 2.20. The minimum atomic E-state index is -1.07. The van der Waals surface area contributed by atoms with Gasteiger partial charge in [-0.15, -0.1) is 0 Å². The molecule has 17 heavy (non-hydrogen) atoms. The molecule has 1 aromatic rings. The summed E-state index contributed by atoms with van der Waals surface area (Å²) in [6.07, 6.45) is 0.819. The third-order valence-electron chi connectivity index (χ3n) is 3.05. The van der Waals surface area contributed by atoms with E-state index in [1.165, 1.54) is 7.11 Å². The van der Waals surface area contributed by atoms with Gasteiger partial charge in [0.05, 0.1) is 20.8 Å². The van der Waals surface area contributed by atoms with E-state index in [0.717, 1.165) is 24.1 Å². The Morgan fingerprint density at radius 3 is 2.59 bits per heavy atom. The van der Waals surface area contributed by atoms with E-state index in [1.54, 1.807) is 18.5 Å². The van der Waals surface area contributed by atoms with Gasteiger partial charge in [0, 0.05) is 12.0 Å². The van der Waals surface area contributed by atoms with E-state index in [4.69, 9.17) is 9.47 Å². The number of methoxy groups -OCH3 is 2. The van der Waals surface area contributed by atoms with Crippen LogP contribution in [0, 0.1) is 0 Å². The number of carboxylic acid groups (broad SMARTS) is 1. The van der Waals surface area contributed by atoms with E-state index in [9.17, 15) is 9.90 Å². The number of rotatable bonds is 3. The standard InChI is InChI=1S/C12H15NO4/c1-16-9-5-7-3-4-13-11(12(14)15)8(7)6-10(9)17-2/h5-6,11,13H,3-4H2,1-2H3,(H,14,15)/t11-/m0/s1. The molecule has 1 aliphatic heterocycles. The molecule has 0 fully saturated rings. The Morgan fingerprint density at radius 1 is 1.35 bits per heavy atom. The highest BCUT2D eigenvalue weighted by molar-refractivity contribution is 5.73. The van der Waals surface area contributed by atoms with Crippen molar-refractivity contribution < 1.29 is 24.7 Å². The van der Waals surface area contributed by atoms with Gasteiger partial charge in [-0.2, -0.15) is 0 Å². The number of ether oxygens (including phenoxy) is 2. The lowest BCUT2D eigenvalue weighted by Gasteiger charge is -2.25. The molecule has 1 heterocycles. The predicted octanol–water partition coefficient (Wildman–Crippen LogP) is -1.39. The number of carboxylic acids is 1. The Labute approximate surface area is 99.3 Å². The van der Waals surface area contributed by atoms with Crippen LogP contribution in [0.4, 0.5) is 0 Å². The molecule has 2 N–H and O–H groups in total. The first-order chi connectivity index (χ1) is 8.17. The molecule has 1 aliphatic rings. The number of benzene rings is 1. The first kappa shape index (κ1) is 11.7. The minimum Gasteiger partial charge on any atom is -0.544 e. The normalized spacial score (nSPS) is 18.4. The molecule has 0 spiro atoms. The van der Waals surface area contributed by atoms with Crippen molar-refractivity contribution in [3.63, 3.8) is 0 Å². The second kappa shape index (κ2) is 4.63. The van der Waals surface area contributed by atoms with Crippen molar-refractivity contribution in [2.75, 3.05) is 20.8 Å². The molecule has 5 nitrogen and oxygen atoms in total. The van der Waals surface area contributed by atoms with E-state index in [0.29, 0.717) is 11.5 Å². The fraction of sp³-hybridized carbons (Fsp3) is 0.417.